The third-order valence-corrected chi connectivity index (χ3v) is 6.94. The number of thioether (sulfide) groups is 1. The maximum Gasteiger partial charge on any atom is 0.291 e. The normalized spacial score (nSPS) is 17.8. The second-order valence-corrected chi connectivity index (χ2v) is 9.11. The van der Waals surface area contributed by atoms with Crippen LogP contribution in [0.5, 0.6) is 0 Å². The Balaban J connectivity index is 1.30. The molecule has 2 aliphatic rings. The van der Waals surface area contributed by atoms with E-state index < -0.39 is 17.8 Å². The summed E-state index contributed by atoms with van der Waals surface area (Å²) in [5, 5.41) is 6.92. The molecule has 0 unspecified atom stereocenters. The van der Waals surface area contributed by atoms with Gasteiger partial charge in [0.25, 0.3) is 5.91 Å². The summed E-state index contributed by atoms with van der Waals surface area (Å²) >= 11 is 1.32. The van der Waals surface area contributed by atoms with Gasteiger partial charge >= 0.3 is 0 Å². The number of hydrogen-bond donors (Lipinski definition) is 1. The molecule has 174 valence electrons. The van der Waals surface area contributed by atoms with E-state index in [1.807, 2.05) is 30.3 Å². The van der Waals surface area contributed by atoms with Crippen molar-refractivity contribution in [1.29, 1.82) is 0 Å². The standard InChI is InChI=1S/C23H21FN6O3S/c1-28-18-9-15(24)17(30-8-7-20(30)31)10-19(18)34-12-16(23(28)33)26-22(32)21-25-13-29(27-21)11-14-5-3-2-4-6-14/h2-6,9-10,13,16H,7-8,11-12H2,1H3,(H,26,32)/t16-/m0/s1. The van der Waals surface area contributed by atoms with Crippen LogP contribution in [-0.2, 0) is 16.1 Å². The molecule has 3 amide bonds. The van der Waals surface area contributed by atoms with Crippen LogP contribution in [0, 0.1) is 5.82 Å². The summed E-state index contributed by atoms with van der Waals surface area (Å²) in [6, 6.07) is 11.6. The molecule has 0 bridgehead atoms. The van der Waals surface area contributed by atoms with Gasteiger partial charge in [-0.1, -0.05) is 30.3 Å². The smallest absolute Gasteiger partial charge is 0.291 e. The molecule has 1 aromatic heterocycles. The molecule has 1 saturated heterocycles. The zero-order chi connectivity index (χ0) is 23.8. The van der Waals surface area contributed by atoms with Crippen molar-refractivity contribution in [2.45, 2.75) is 23.9 Å². The van der Waals surface area contributed by atoms with Crippen LogP contribution in [0.4, 0.5) is 15.8 Å². The average Bonchev–Trinajstić information content (AvgIpc) is 3.26. The number of hydrogen-bond acceptors (Lipinski definition) is 6. The van der Waals surface area contributed by atoms with Gasteiger partial charge in [0.2, 0.25) is 17.6 Å². The van der Waals surface area contributed by atoms with Crippen molar-refractivity contribution in [3.63, 3.8) is 0 Å². The van der Waals surface area contributed by atoms with Crippen LogP contribution in [0.3, 0.4) is 0 Å². The fourth-order valence-electron chi connectivity index (χ4n) is 3.85. The number of aromatic nitrogens is 3. The number of amides is 3. The molecule has 1 fully saturated rings. The SMILES string of the molecule is CN1C(=O)[C@@H](NC(=O)c2ncn(Cc3ccccc3)n2)CSc2cc(N3CCC3=O)c(F)cc21. The minimum Gasteiger partial charge on any atom is -0.337 e. The van der Waals surface area contributed by atoms with Crippen molar-refractivity contribution in [2.24, 2.45) is 0 Å². The van der Waals surface area contributed by atoms with E-state index in [0.29, 0.717) is 30.1 Å². The zero-order valence-corrected chi connectivity index (χ0v) is 19.1. The highest BCUT2D eigenvalue weighted by Gasteiger charge is 2.34. The van der Waals surface area contributed by atoms with E-state index in [2.05, 4.69) is 15.4 Å². The summed E-state index contributed by atoms with van der Waals surface area (Å²) in [6.07, 6.45) is 1.86. The number of halogens is 1. The van der Waals surface area contributed by atoms with E-state index in [0.717, 1.165) is 5.56 Å². The lowest BCUT2D eigenvalue weighted by Gasteiger charge is -2.31. The van der Waals surface area contributed by atoms with Crippen LogP contribution in [0.1, 0.15) is 22.6 Å². The summed E-state index contributed by atoms with van der Waals surface area (Å²) in [6.45, 7) is 0.932. The fraction of sp³-hybridized carbons (Fsp3) is 0.261. The van der Waals surface area contributed by atoms with Crippen molar-refractivity contribution in [3.05, 3.63) is 66.0 Å². The molecule has 3 aromatic rings. The molecule has 0 aliphatic carbocycles. The van der Waals surface area contributed by atoms with Crippen molar-refractivity contribution in [1.82, 2.24) is 20.1 Å². The quantitative estimate of drug-likeness (QED) is 0.562. The maximum absolute atomic E-state index is 14.7. The summed E-state index contributed by atoms with van der Waals surface area (Å²) in [4.78, 5) is 45.0. The van der Waals surface area contributed by atoms with E-state index in [1.165, 1.54) is 41.0 Å². The summed E-state index contributed by atoms with van der Waals surface area (Å²) in [7, 11) is 1.53. The minimum absolute atomic E-state index is 0.0391. The van der Waals surface area contributed by atoms with Gasteiger partial charge < -0.3 is 15.1 Å². The number of nitrogens with one attached hydrogen (secondary N) is 1. The van der Waals surface area contributed by atoms with E-state index in [-0.39, 0.29) is 29.1 Å². The van der Waals surface area contributed by atoms with Gasteiger partial charge in [0.15, 0.2) is 0 Å². The number of β-lactam (4-membered cyclic amide) rings is 1. The van der Waals surface area contributed by atoms with Gasteiger partial charge in [0.1, 0.15) is 18.2 Å². The predicted molar refractivity (Wildman–Crippen MR) is 124 cm³/mol. The van der Waals surface area contributed by atoms with Crippen LogP contribution in [0.2, 0.25) is 0 Å². The molecule has 2 aromatic carbocycles. The Labute approximate surface area is 198 Å². The van der Waals surface area contributed by atoms with Crippen LogP contribution < -0.4 is 15.1 Å². The number of fused-ring (bicyclic) bond motifs is 1. The number of carbonyl (C=O) groups is 3. The Morgan fingerprint density at radius 3 is 2.71 bits per heavy atom. The Bertz CT molecular complexity index is 1280. The Morgan fingerprint density at radius 2 is 2.00 bits per heavy atom. The van der Waals surface area contributed by atoms with Crippen LogP contribution in [0.25, 0.3) is 0 Å². The van der Waals surface area contributed by atoms with E-state index in [1.54, 1.807) is 10.7 Å². The van der Waals surface area contributed by atoms with Crippen molar-refractivity contribution in [2.75, 3.05) is 29.1 Å². The summed E-state index contributed by atoms with van der Waals surface area (Å²) in [5.74, 6) is -1.44. The third-order valence-electron chi connectivity index (χ3n) is 5.80. The second kappa shape index (κ2) is 8.90. The lowest BCUT2D eigenvalue weighted by molar-refractivity contribution is -0.122. The number of benzene rings is 2. The lowest BCUT2D eigenvalue weighted by Crippen LogP contribution is -2.48. The molecular formula is C23H21FN6O3S. The van der Waals surface area contributed by atoms with Crippen LogP contribution >= 0.6 is 11.8 Å². The molecule has 0 saturated carbocycles. The molecule has 5 rings (SSSR count). The molecule has 9 nitrogen and oxygen atoms in total. The maximum atomic E-state index is 14.7. The Morgan fingerprint density at radius 1 is 1.21 bits per heavy atom. The first-order chi connectivity index (χ1) is 16.4. The summed E-state index contributed by atoms with van der Waals surface area (Å²) in [5.41, 5.74) is 1.62. The first kappa shape index (κ1) is 22.1. The van der Waals surface area contributed by atoms with Gasteiger partial charge in [0, 0.05) is 36.7 Å². The van der Waals surface area contributed by atoms with Crippen molar-refractivity contribution >= 4 is 40.9 Å². The molecule has 1 atom stereocenters. The van der Waals surface area contributed by atoms with Gasteiger partial charge in [0.05, 0.1) is 17.9 Å². The predicted octanol–water partition coefficient (Wildman–Crippen LogP) is 2.07. The van der Waals surface area contributed by atoms with Gasteiger partial charge in [-0.2, -0.15) is 0 Å². The highest BCUT2D eigenvalue weighted by Crippen LogP contribution is 2.39. The van der Waals surface area contributed by atoms with Crippen molar-refractivity contribution < 1.29 is 18.8 Å². The van der Waals surface area contributed by atoms with Gasteiger partial charge in [-0.05, 0) is 11.6 Å². The summed E-state index contributed by atoms with van der Waals surface area (Å²) < 4.78 is 16.3. The topological polar surface area (TPSA) is 100 Å². The number of likely N-dealkylation sites (N-methyl/N-ethyl adjacent to an activating group) is 1. The van der Waals surface area contributed by atoms with Gasteiger partial charge in [-0.15, -0.1) is 16.9 Å². The third kappa shape index (κ3) is 4.14. The van der Waals surface area contributed by atoms with E-state index >= 15 is 0 Å². The number of nitrogens with zero attached hydrogens (tertiary/aromatic N) is 5. The lowest BCUT2D eigenvalue weighted by atomic mass is 10.1. The monoisotopic (exact) mass is 480 g/mol. The fourth-order valence-corrected chi connectivity index (χ4v) is 4.97. The Hall–Kier alpha value is -3.73. The highest BCUT2D eigenvalue weighted by molar-refractivity contribution is 7.99. The van der Waals surface area contributed by atoms with E-state index in [9.17, 15) is 18.8 Å². The largest absolute Gasteiger partial charge is 0.337 e. The van der Waals surface area contributed by atoms with Crippen molar-refractivity contribution in [3.8, 4) is 0 Å². The minimum atomic E-state index is -0.854. The van der Waals surface area contributed by atoms with Crippen LogP contribution in [0.15, 0.2) is 53.7 Å². The molecular weight excluding hydrogens is 459 g/mol. The molecule has 11 heteroatoms. The molecule has 34 heavy (non-hydrogen) atoms. The molecule has 0 radical (unpaired) electrons. The van der Waals surface area contributed by atoms with Crippen LogP contribution in [-0.4, -0.2) is 57.9 Å². The number of anilines is 2. The molecule has 1 N–H and O–H groups in total. The van der Waals surface area contributed by atoms with E-state index in [4.69, 9.17) is 0 Å². The second-order valence-electron chi connectivity index (χ2n) is 8.05. The Kier molecular flexibility index (Phi) is 5.78. The molecule has 2 aliphatic heterocycles. The van der Waals surface area contributed by atoms with Gasteiger partial charge in [-0.3, -0.25) is 14.4 Å². The first-order valence-electron chi connectivity index (χ1n) is 10.7. The molecule has 0 spiro atoms. The highest BCUT2D eigenvalue weighted by atomic mass is 32.2. The molecule has 3 heterocycles. The average molecular weight is 481 g/mol. The first-order valence-corrected chi connectivity index (χ1v) is 11.7. The van der Waals surface area contributed by atoms with Gasteiger partial charge in [-0.25, -0.2) is 14.1 Å². The number of rotatable bonds is 5. The number of carbonyl (C=O) groups excluding carboxylic acids is 3. The zero-order valence-electron chi connectivity index (χ0n) is 18.3.